The molecule has 2 rings (SSSR count). The first-order valence-corrected chi connectivity index (χ1v) is 7.05. The molecule has 1 aliphatic rings. The third-order valence-electron chi connectivity index (χ3n) is 4.00. The van der Waals surface area contributed by atoms with Gasteiger partial charge in [-0.1, -0.05) is 17.3 Å². The standard InChI is InChI=1S/C15H23N3O2/c1-20-14-4-2-12(3-5-14)6-9-18-10-7-13(8-11-18)15(16)17-19/h2-5,13,19H,6-11H2,1H3,(H2,16,17). The van der Waals surface area contributed by atoms with Crippen molar-refractivity contribution in [3.05, 3.63) is 29.8 Å². The first-order valence-electron chi connectivity index (χ1n) is 7.05. The fraction of sp³-hybridized carbons (Fsp3) is 0.533. The smallest absolute Gasteiger partial charge is 0.142 e. The first-order chi connectivity index (χ1) is 9.72. The lowest BCUT2D eigenvalue weighted by atomic mass is 9.95. The van der Waals surface area contributed by atoms with Gasteiger partial charge in [-0.25, -0.2) is 0 Å². The number of piperidine rings is 1. The number of hydrogen-bond acceptors (Lipinski definition) is 4. The maximum absolute atomic E-state index is 8.69. The molecule has 1 aromatic rings. The average molecular weight is 277 g/mol. The summed E-state index contributed by atoms with van der Waals surface area (Å²) in [5.41, 5.74) is 6.98. The highest BCUT2D eigenvalue weighted by molar-refractivity contribution is 5.82. The van der Waals surface area contributed by atoms with E-state index in [1.165, 1.54) is 5.56 Å². The van der Waals surface area contributed by atoms with Gasteiger partial charge in [-0.2, -0.15) is 0 Å². The summed E-state index contributed by atoms with van der Waals surface area (Å²) < 4.78 is 5.15. The van der Waals surface area contributed by atoms with Gasteiger partial charge >= 0.3 is 0 Å². The number of hydrogen-bond donors (Lipinski definition) is 2. The number of amidine groups is 1. The Kier molecular flexibility index (Phi) is 5.24. The van der Waals surface area contributed by atoms with E-state index < -0.39 is 0 Å². The van der Waals surface area contributed by atoms with Crippen LogP contribution in [0.2, 0.25) is 0 Å². The van der Waals surface area contributed by atoms with Crippen LogP contribution in [0.15, 0.2) is 29.4 Å². The Hall–Kier alpha value is -1.75. The second kappa shape index (κ2) is 7.14. The van der Waals surface area contributed by atoms with Crippen LogP contribution in [-0.4, -0.2) is 42.7 Å². The van der Waals surface area contributed by atoms with Crippen LogP contribution in [0.5, 0.6) is 5.75 Å². The summed E-state index contributed by atoms with van der Waals surface area (Å²) >= 11 is 0. The molecule has 1 fully saturated rings. The Morgan fingerprint density at radius 2 is 2.00 bits per heavy atom. The predicted octanol–water partition coefficient (Wildman–Crippen LogP) is 1.70. The Morgan fingerprint density at radius 1 is 1.35 bits per heavy atom. The SMILES string of the molecule is COc1ccc(CCN2CCC(C(N)=NO)CC2)cc1. The van der Waals surface area contributed by atoms with Gasteiger partial charge < -0.3 is 20.6 Å². The minimum Gasteiger partial charge on any atom is -0.497 e. The molecular weight excluding hydrogens is 254 g/mol. The van der Waals surface area contributed by atoms with Crippen LogP contribution in [0.4, 0.5) is 0 Å². The summed E-state index contributed by atoms with van der Waals surface area (Å²) in [5.74, 6) is 1.50. The number of rotatable bonds is 5. The zero-order valence-corrected chi connectivity index (χ0v) is 12.0. The molecule has 1 heterocycles. The van der Waals surface area contributed by atoms with Crippen molar-refractivity contribution in [2.45, 2.75) is 19.3 Å². The van der Waals surface area contributed by atoms with Gasteiger partial charge in [0, 0.05) is 12.5 Å². The summed E-state index contributed by atoms with van der Waals surface area (Å²) in [7, 11) is 1.68. The van der Waals surface area contributed by atoms with E-state index in [2.05, 4.69) is 22.2 Å². The lowest BCUT2D eigenvalue weighted by molar-refractivity contribution is 0.208. The second-order valence-corrected chi connectivity index (χ2v) is 5.24. The zero-order chi connectivity index (χ0) is 14.4. The molecule has 0 atom stereocenters. The minimum absolute atomic E-state index is 0.234. The highest BCUT2D eigenvalue weighted by Crippen LogP contribution is 2.18. The van der Waals surface area contributed by atoms with Crippen LogP contribution in [-0.2, 0) is 6.42 Å². The highest BCUT2D eigenvalue weighted by Gasteiger charge is 2.21. The van der Waals surface area contributed by atoms with E-state index in [0.29, 0.717) is 5.84 Å². The lowest BCUT2D eigenvalue weighted by Crippen LogP contribution is -2.39. The maximum Gasteiger partial charge on any atom is 0.142 e. The van der Waals surface area contributed by atoms with Crippen LogP contribution < -0.4 is 10.5 Å². The molecule has 0 unspecified atom stereocenters. The number of likely N-dealkylation sites (tertiary alicyclic amines) is 1. The normalized spacial score (nSPS) is 18.1. The van der Waals surface area contributed by atoms with Crippen molar-refractivity contribution in [2.75, 3.05) is 26.7 Å². The molecule has 5 heteroatoms. The Bertz CT molecular complexity index is 437. The quantitative estimate of drug-likeness (QED) is 0.372. The van der Waals surface area contributed by atoms with E-state index in [9.17, 15) is 0 Å². The molecule has 0 aromatic heterocycles. The Morgan fingerprint density at radius 3 is 2.55 bits per heavy atom. The van der Waals surface area contributed by atoms with Crippen LogP contribution >= 0.6 is 0 Å². The summed E-state index contributed by atoms with van der Waals surface area (Å²) in [4.78, 5) is 2.44. The van der Waals surface area contributed by atoms with E-state index in [-0.39, 0.29) is 5.92 Å². The van der Waals surface area contributed by atoms with Crippen LogP contribution in [0.25, 0.3) is 0 Å². The second-order valence-electron chi connectivity index (χ2n) is 5.24. The molecule has 20 heavy (non-hydrogen) atoms. The summed E-state index contributed by atoms with van der Waals surface area (Å²) in [6, 6.07) is 8.23. The molecule has 110 valence electrons. The summed E-state index contributed by atoms with van der Waals surface area (Å²) in [5, 5.41) is 11.8. The maximum atomic E-state index is 8.69. The molecule has 1 saturated heterocycles. The van der Waals surface area contributed by atoms with Gasteiger partial charge in [0.15, 0.2) is 0 Å². The highest BCUT2D eigenvalue weighted by atomic mass is 16.5. The van der Waals surface area contributed by atoms with Gasteiger partial charge in [0.1, 0.15) is 11.6 Å². The van der Waals surface area contributed by atoms with Gasteiger partial charge in [-0.15, -0.1) is 0 Å². The van der Waals surface area contributed by atoms with E-state index in [1.807, 2.05) is 12.1 Å². The molecule has 0 radical (unpaired) electrons. The monoisotopic (exact) mass is 277 g/mol. The minimum atomic E-state index is 0.234. The number of nitrogens with zero attached hydrogens (tertiary/aromatic N) is 2. The van der Waals surface area contributed by atoms with Crippen LogP contribution in [0.1, 0.15) is 18.4 Å². The molecule has 1 aliphatic heterocycles. The first kappa shape index (κ1) is 14.7. The van der Waals surface area contributed by atoms with Crippen molar-refractivity contribution in [3.63, 3.8) is 0 Å². The number of ether oxygens (including phenoxy) is 1. The van der Waals surface area contributed by atoms with Crippen molar-refractivity contribution in [1.82, 2.24) is 4.90 Å². The largest absolute Gasteiger partial charge is 0.497 e. The lowest BCUT2D eigenvalue weighted by Gasteiger charge is -2.31. The van der Waals surface area contributed by atoms with Gasteiger partial charge in [0.05, 0.1) is 7.11 Å². The molecule has 0 amide bonds. The van der Waals surface area contributed by atoms with Gasteiger partial charge in [0.2, 0.25) is 0 Å². The van der Waals surface area contributed by atoms with Gasteiger partial charge in [0.25, 0.3) is 0 Å². The van der Waals surface area contributed by atoms with E-state index >= 15 is 0 Å². The predicted molar refractivity (Wildman–Crippen MR) is 79.3 cm³/mol. The van der Waals surface area contributed by atoms with Gasteiger partial charge in [-0.3, -0.25) is 0 Å². The summed E-state index contributed by atoms with van der Waals surface area (Å²) in [6.07, 6.45) is 2.98. The number of benzene rings is 1. The van der Waals surface area contributed by atoms with E-state index in [4.69, 9.17) is 15.7 Å². The molecule has 1 aromatic carbocycles. The topological polar surface area (TPSA) is 71.1 Å². The number of methoxy groups -OCH3 is 1. The van der Waals surface area contributed by atoms with Crippen LogP contribution in [0.3, 0.4) is 0 Å². The van der Waals surface area contributed by atoms with Crippen molar-refractivity contribution in [2.24, 2.45) is 16.8 Å². The Labute approximate surface area is 120 Å². The van der Waals surface area contributed by atoms with Crippen molar-refractivity contribution in [1.29, 1.82) is 0 Å². The van der Waals surface area contributed by atoms with Crippen molar-refractivity contribution < 1.29 is 9.94 Å². The Balaban J connectivity index is 1.75. The fourth-order valence-corrected chi connectivity index (χ4v) is 2.61. The fourth-order valence-electron chi connectivity index (χ4n) is 2.61. The van der Waals surface area contributed by atoms with E-state index in [0.717, 1.165) is 44.6 Å². The number of oxime groups is 1. The third-order valence-corrected chi connectivity index (χ3v) is 4.00. The summed E-state index contributed by atoms with van der Waals surface area (Å²) in [6.45, 7) is 3.07. The molecule has 5 nitrogen and oxygen atoms in total. The third kappa shape index (κ3) is 3.87. The molecular formula is C15H23N3O2. The average Bonchev–Trinajstić information content (AvgIpc) is 2.53. The van der Waals surface area contributed by atoms with Crippen molar-refractivity contribution >= 4 is 5.84 Å². The van der Waals surface area contributed by atoms with E-state index in [1.54, 1.807) is 7.11 Å². The molecule has 0 bridgehead atoms. The van der Waals surface area contributed by atoms with Gasteiger partial charge in [-0.05, 0) is 50.0 Å². The van der Waals surface area contributed by atoms with Crippen LogP contribution in [0, 0.1) is 5.92 Å². The molecule has 0 spiro atoms. The molecule has 3 N–H and O–H groups in total. The molecule has 0 aliphatic carbocycles. The van der Waals surface area contributed by atoms with Crippen molar-refractivity contribution in [3.8, 4) is 5.75 Å². The molecule has 0 saturated carbocycles. The zero-order valence-electron chi connectivity index (χ0n) is 12.0. The number of nitrogens with two attached hydrogens (primary N) is 1.